The Morgan fingerprint density at radius 2 is 2.00 bits per heavy atom. The number of aromatic nitrogens is 1. The van der Waals surface area contributed by atoms with E-state index in [4.69, 9.17) is 27.5 Å². The van der Waals surface area contributed by atoms with Gasteiger partial charge in [0.1, 0.15) is 5.69 Å². The van der Waals surface area contributed by atoms with Gasteiger partial charge in [-0.05, 0) is 17.7 Å². The maximum absolute atomic E-state index is 5.99. The van der Waals surface area contributed by atoms with Gasteiger partial charge in [0.15, 0.2) is 5.58 Å². The molecule has 0 amide bonds. The Morgan fingerprint density at radius 1 is 1.17 bits per heavy atom. The molecule has 5 heteroatoms. The molecule has 0 radical (unpaired) electrons. The van der Waals surface area contributed by atoms with Gasteiger partial charge in [0.05, 0.1) is 11.6 Å². The molecule has 2 heterocycles. The van der Waals surface area contributed by atoms with Gasteiger partial charge in [-0.1, -0.05) is 23.7 Å². The summed E-state index contributed by atoms with van der Waals surface area (Å²) in [7, 11) is 0. The zero-order valence-corrected chi connectivity index (χ0v) is 10.1. The number of benzene rings is 1. The van der Waals surface area contributed by atoms with E-state index in [1.165, 1.54) is 0 Å². The van der Waals surface area contributed by atoms with Gasteiger partial charge < -0.3 is 15.9 Å². The van der Waals surface area contributed by atoms with Crippen LogP contribution in [0.2, 0.25) is 5.02 Å². The van der Waals surface area contributed by atoms with Crippen molar-refractivity contribution in [2.75, 3.05) is 11.5 Å². The van der Waals surface area contributed by atoms with Crippen LogP contribution in [0.3, 0.4) is 0 Å². The molecule has 90 valence electrons. The second-order valence-corrected chi connectivity index (χ2v) is 4.39. The molecular formula is C13H10ClN3O. The molecule has 0 fully saturated rings. The second kappa shape index (κ2) is 3.92. The van der Waals surface area contributed by atoms with Gasteiger partial charge in [0.25, 0.3) is 0 Å². The largest absolute Gasteiger partial charge is 0.437 e. The number of furan rings is 1. The van der Waals surface area contributed by atoms with E-state index in [9.17, 15) is 0 Å². The van der Waals surface area contributed by atoms with Gasteiger partial charge >= 0.3 is 0 Å². The average molecular weight is 260 g/mol. The smallest absolute Gasteiger partial charge is 0.214 e. The first-order chi connectivity index (χ1) is 8.66. The number of nitrogens with zero attached hydrogens (tertiary/aromatic N) is 1. The fraction of sp³-hybridized carbons (Fsp3) is 0. The summed E-state index contributed by atoms with van der Waals surface area (Å²) >= 11 is 5.99. The topological polar surface area (TPSA) is 78.1 Å². The van der Waals surface area contributed by atoms with Crippen molar-refractivity contribution in [2.45, 2.75) is 0 Å². The van der Waals surface area contributed by atoms with Crippen LogP contribution < -0.4 is 11.5 Å². The molecule has 3 aromatic rings. The molecule has 2 aromatic heterocycles. The normalized spacial score (nSPS) is 10.9. The van der Waals surface area contributed by atoms with Crippen LogP contribution in [0.25, 0.3) is 22.1 Å². The van der Waals surface area contributed by atoms with Crippen molar-refractivity contribution >= 4 is 34.1 Å². The summed E-state index contributed by atoms with van der Waals surface area (Å²) in [6.45, 7) is 0. The molecule has 1 aromatic carbocycles. The molecule has 0 aliphatic carbocycles. The molecule has 0 aliphatic rings. The monoisotopic (exact) mass is 259 g/mol. The summed E-state index contributed by atoms with van der Waals surface area (Å²) in [4.78, 5) is 4.13. The fourth-order valence-corrected chi connectivity index (χ4v) is 2.16. The third-order valence-electron chi connectivity index (χ3n) is 2.80. The van der Waals surface area contributed by atoms with Gasteiger partial charge in [-0.25, -0.2) is 0 Å². The summed E-state index contributed by atoms with van der Waals surface area (Å²) in [5, 5.41) is 1.42. The fourth-order valence-electron chi connectivity index (χ4n) is 1.97. The highest BCUT2D eigenvalue weighted by Crippen LogP contribution is 2.37. The van der Waals surface area contributed by atoms with Crippen LogP contribution in [0.4, 0.5) is 11.6 Å². The Morgan fingerprint density at radius 3 is 2.78 bits per heavy atom. The summed E-state index contributed by atoms with van der Waals surface area (Å²) in [6.07, 6.45) is 3.31. The molecule has 0 atom stereocenters. The Kier molecular flexibility index (Phi) is 2.38. The molecule has 4 nitrogen and oxygen atoms in total. The van der Waals surface area contributed by atoms with Crippen molar-refractivity contribution in [3.8, 4) is 11.1 Å². The summed E-state index contributed by atoms with van der Waals surface area (Å²) < 4.78 is 5.35. The van der Waals surface area contributed by atoms with Gasteiger partial charge in [0, 0.05) is 16.8 Å². The highest BCUT2D eigenvalue weighted by molar-refractivity contribution is 6.31. The molecule has 4 N–H and O–H groups in total. The Bertz CT molecular complexity index is 736. The number of fused-ring (bicyclic) bond motifs is 1. The number of nitrogen functional groups attached to an aromatic ring is 2. The van der Waals surface area contributed by atoms with E-state index in [1.54, 1.807) is 12.4 Å². The minimum absolute atomic E-state index is 0.210. The van der Waals surface area contributed by atoms with E-state index in [2.05, 4.69) is 4.98 Å². The predicted molar refractivity (Wildman–Crippen MR) is 73.3 cm³/mol. The lowest BCUT2D eigenvalue weighted by Crippen LogP contribution is -1.90. The second-order valence-electron chi connectivity index (χ2n) is 3.95. The van der Waals surface area contributed by atoms with E-state index in [0.717, 1.165) is 16.5 Å². The molecule has 3 rings (SSSR count). The standard InChI is InChI=1S/C13H10ClN3O/c14-8-3-1-2-7(4-8)9-5-17-6-10-11(9)12(15)13(16)18-10/h1-6H,15-16H2. The van der Waals surface area contributed by atoms with E-state index in [-0.39, 0.29) is 5.88 Å². The molecule has 0 bridgehead atoms. The zero-order valence-electron chi connectivity index (χ0n) is 9.35. The van der Waals surface area contributed by atoms with Gasteiger partial charge in [-0.3, -0.25) is 4.98 Å². The number of hydrogen-bond acceptors (Lipinski definition) is 4. The summed E-state index contributed by atoms with van der Waals surface area (Å²) in [6, 6.07) is 7.47. The number of pyridine rings is 1. The first-order valence-corrected chi connectivity index (χ1v) is 5.72. The third-order valence-corrected chi connectivity index (χ3v) is 3.04. The molecular weight excluding hydrogens is 250 g/mol. The zero-order chi connectivity index (χ0) is 12.7. The lowest BCUT2D eigenvalue weighted by atomic mass is 10.0. The van der Waals surface area contributed by atoms with Gasteiger partial charge in [-0.15, -0.1) is 0 Å². The van der Waals surface area contributed by atoms with E-state index in [0.29, 0.717) is 16.3 Å². The summed E-state index contributed by atoms with van der Waals surface area (Å²) in [5.41, 5.74) is 14.4. The number of halogens is 1. The van der Waals surface area contributed by atoms with Crippen molar-refractivity contribution in [2.24, 2.45) is 0 Å². The van der Waals surface area contributed by atoms with Gasteiger partial charge in [-0.2, -0.15) is 0 Å². The van der Waals surface area contributed by atoms with Crippen LogP contribution in [0.5, 0.6) is 0 Å². The van der Waals surface area contributed by atoms with E-state index >= 15 is 0 Å². The number of anilines is 2. The first-order valence-electron chi connectivity index (χ1n) is 5.34. The molecule has 0 unspecified atom stereocenters. The van der Waals surface area contributed by atoms with Crippen LogP contribution in [0.1, 0.15) is 0 Å². The SMILES string of the molecule is Nc1oc2cncc(-c3cccc(Cl)c3)c2c1N. The van der Waals surface area contributed by atoms with Crippen LogP contribution in [-0.4, -0.2) is 4.98 Å². The lowest BCUT2D eigenvalue weighted by Gasteiger charge is -2.03. The van der Waals surface area contributed by atoms with Crippen LogP contribution in [0, 0.1) is 0 Å². The molecule has 0 saturated carbocycles. The Balaban J connectivity index is 2.35. The number of nitrogens with two attached hydrogens (primary N) is 2. The quantitative estimate of drug-likeness (QED) is 0.703. The highest BCUT2D eigenvalue weighted by atomic mass is 35.5. The van der Waals surface area contributed by atoms with Crippen molar-refractivity contribution in [1.82, 2.24) is 4.98 Å². The molecule has 0 spiro atoms. The predicted octanol–water partition coefficient (Wildman–Crippen LogP) is 3.31. The Hall–Kier alpha value is -2.20. The van der Waals surface area contributed by atoms with Crippen molar-refractivity contribution in [1.29, 1.82) is 0 Å². The molecule has 0 aliphatic heterocycles. The minimum atomic E-state index is 0.210. The van der Waals surface area contributed by atoms with Crippen molar-refractivity contribution in [3.63, 3.8) is 0 Å². The molecule has 0 saturated heterocycles. The van der Waals surface area contributed by atoms with E-state index in [1.807, 2.05) is 24.3 Å². The number of rotatable bonds is 1. The van der Waals surface area contributed by atoms with Crippen molar-refractivity contribution in [3.05, 3.63) is 41.7 Å². The van der Waals surface area contributed by atoms with Crippen molar-refractivity contribution < 1.29 is 4.42 Å². The van der Waals surface area contributed by atoms with Crippen LogP contribution in [0.15, 0.2) is 41.1 Å². The maximum Gasteiger partial charge on any atom is 0.214 e. The number of hydrogen-bond donors (Lipinski definition) is 2. The lowest BCUT2D eigenvalue weighted by molar-refractivity contribution is 0.637. The van der Waals surface area contributed by atoms with E-state index < -0.39 is 0 Å². The first kappa shape index (κ1) is 10.9. The van der Waals surface area contributed by atoms with Crippen LogP contribution in [-0.2, 0) is 0 Å². The average Bonchev–Trinajstić information content (AvgIpc) is 2.65. The van der Waals surface area contributed by atoms with Gasteiger partial charge in [0.2, 0.25) is 5.88 Å². The summed E-state index contributed by atoms with van der Waals surface area (Å²) in [5.74, 6) is 0.210. The molecule has 18 heavy (non-hydrogen) atoms. The minimum Gasteiger partial charge on any atom is -0.437 e. The highest BCUT2D eigenvalue weighted by Gasteiger charge is 2.14. The van der Waals surface area contributed by atoms with Crippen LogP contribution >= 0.6 is 11.6 Å². The maximum atomic E-state index is 5.99. The Labute approximate surface area is 108 Å². The third kappa shape index (κ3) is 1.58.